The van der Waals surface area contributed by atoms with E-state index >= 15 is 0 Å². The molecule has 3 nitrogen and oxygen atoms in total. The molecule has 2 aromatic rings. The molecule has 1 aromatic heterocycles. The number of aromatic nitrogens is 2. The Morgan fingerprint density at radius 2 is 2.11 bits per heavy atom. The van der Waals surface area contributed by atoms with Gasteiger partial charge in [-0.15, -0.1) is 0 Å². The van der Waals surface area contributed by atoms with E-state index in [0.29, 0.717) is 12.5 Å². The predicted octanol–water partition coefficient (Wildman–Crippen LogP) is 3.45. The van der Waals surface area contributed by atoms with Gasteiger partial charge in [0.05, 0.1) is 5.69 Å². The molecule has 2 rings (SSSR count). The lowest BCUT2D eigenvalue weighted by Crippen LogP contribution is -2.15. The fourth-order valence-electron chi connectivity index (χ4n) is 1.91. The molecule has 102 valence electrons. The molecule has 1 atom stereocenters. The van der Waals surface area contributed by atoms with E-state index in [2.05, 4.69) is 41.5 Å². The van der Waals surface area contributed by atoms with Gasteiger partial charge in [-0.25, -0.2) is 4.39 Å². The van der Waals surface area contributed by atoms with Crippen LogP contribution in [-0.2, 0) is 6.42 Å². The van der Waals surface area contributed by atoms with Gasteiger partial charge in [-0.1, -0.05) is 6.07 Å². The molecule has 0 saturated carbocycles. The van der Waals surface area contributed by atoms with Gasteiger partial charge >= 0.3 is 0 Å². The maximum absolute atomic E-state index is 13.1. The first-order valence-electron chi connectivity index (χ1n) is 6.22. The third-order valence-corrected chi connectivity index (χ3v) is 3.92. The van der Waals surface area contributed by atoms with Crippen LogP contribution in [0.5, 0.6) is 0 Å². The first-order valence-corrected chi connectivity index (χ1v) is 7.30. The molecule has 0 amide bonds. The maximum Gasteiger partial charge on any atom is 0.124 e. The van der Waals surface area contributed by atoms with Gasteiger partial charge in [0.15, 0.2) is 0 Å². The van der Waals surface area contributed by atoms with Gasteiger partial charge in [0, 0.05) is 28.3 Å². The van der Waals surface area contributed by atoms with Gasteiger partial charge < -0.3 is 5.73 Å². The van der Waals surface area contributed by atoms with E-state index in [1.165, 1.54) is 12.1 Å². The highest BCUT2D eigenvalue weighted by Gasteiger charge is 2.13. The van der Waals surface area contributed by atoms with Crippen molar-refractivity contribution in [2.45, 2.75) is 32.4 Å². The smallest absolute Gasteiger partial charge is 0.124 e. The van der Waals surface area contributed by atoms with Crippen LogP contribution in [0.25, 0.3) is 0 Å². The quantitative estimate of drug-likeness (QED) is 0.835. The summed E-state index contributed by atoms with van der Waals surface area (Å²) < 4.78 is 15.8. The van der Waals surface area contributed by atoms with Crippen LogP contribution in [-0.4, -0.2) is 9.78 Å². The van der Waals surface area contributed by atoms with E-state index in [9.17, 15) is 4.39 Å². The van der Waals surface area contributed by atoms with Gasteiger partial charge in [-0.2, -0.15) is 5.10 Å². The second kappa shape index (κ2) is 6.00. The average molecular weight is 373 g/mol. The van der Waals surface area contributed by atoms with Gasteiger partial charge in [0.1, 0.15) is 5.82 Å². The first kappa shape index (κ1) is 14.5. The summed E-state index contributed by atoms with van der Waals surface area (Å²) in [6.45, 7) is 4.17. The van der Waals surface area contributed by atoms with Crippen LogP contribution in [0.4, 0.5) is 4.39 Å². The Morgan fingerprint density at radius 3 is 2.68 bits per heavy atom. The van der Waals surface area contributed by atoms with E-state index in [4.69, 9.17) is 5.73 Å². The van der Waals surface area contributed by atoms with E-state index in [0.717, 1.165) is 14.8 Å². The Kier molecular flexibility index (Phi) is 4.57. The Balaban J connectivity index is 2.13. The zero-order valence-corrected chi connectivity index (χ0v) is 13.1. The minimum Gasteiger partial charge on any atom is -0.324 e. The third-order valence-electron chi connectivity index (χ3n) is 2.98. The van der Waals surface area contributed by atoms with Crippen LogP contribution in [0.15, 0.2) is 30.5 Å². The standard InChI is InChI=1S/C14H17FIN3/c1-9(2)19-6-5-11(18-19)8-14(17)12-4-3-10(15)7-13(12)16/h3-7,9,14H,8,17H2,1-2H3. The Labute approximate surface area is 126 Å². The number of nitrogens with zero attached hydrogens (tertiary/aromatic N) is 2. The van der Waals surface area contributed by atoms with E-state index in [1.54, 1.807) is 6.07 Å². The summed E-state index contributed by atoms with van der Waals surface area (Å²) in [6, 6.07) is 6.86. The van der Waals surface area contributed by atoms with Gasteiger partial charge in [-0.3, -0.25) is 4.68 Å². The monoisotopic (exact) mass is 373 g/mol. The molecule has 0 saturated heterocycles. The summed E-state index contributed by atoms with van der Waals surface area (Å²) in [4.78, 5) is 0. The van der Waals surface area contributed by atoms with Crippen molar-refractivity contribution in [1.82, 2.24) is 9.78 Å². The van der Waals surface area contributed by atoms with Gasteiger partial charge in [0.2, 0.25) is 0 Å². The fourth-order valence-corrected chi connectivity index (χ4v) is 2.79. The van der Waals surface area contributed by atoms with Crippen molar-refractivity contribution in [3.8, 4) is 0 Å². The molecule has 0 spiro atoms. The molecule has 5 heteroatoms. The molecule has 2 N–H and O–H groups in total. The third kappa shape index (κ3) is 3.54. The summed E-state index contributed by atoms with van der Waals surface area (Å²) in [7, 11) is 0. The van der Waals surface area contributed by atoms with Crippen molar-refractivity contribution in [1.29, 1.82) is 0 Å². The molecule has 19 heavy (non-hydrogen) atoms. The fraction of sp³-hybridized carbons (Fsp3) is 0.357. The zero-order chi connectivity index (χ0) is 14.0. The number of benzene rings is 1. The highest BCUT2D eigenvalue weighted by atomic mass is 127. The molecule has 1 unspecified atom stereocenters. The Hall–Kier alpha value is -0.950. The predicted molar refractivity (Wildman–Crippen MR) is 82.4 cm³/mol. The minimum absolute atomic E-state index is 0.164. The van der Waals surface area contributed by atoms with Crippen LogP contribution in [0.2, 0.25) is 0 Å². The molecular weight excluding hydrogens is 356 g/mol. The molecule has 0 radical (unpaired) electrons. The topological polar surface area (TPSA) is 43.8 Å². The number of rotatable bonds is 4. The lowest BCUT2D eigenvalue weighted by molar-refractivity contribution is 0.522. The highest BCUT2D eigenvalue weighted by molar-refractivity contribution is 14.1. The Morgan fingerprint density at radius 1 is 1.37 bits per heavy atom. The molecule has 0 fully saturated rings. The number of halogens is 2. The van der Waals surface area contributed by atoms with Gasteiger partial charge in [-0.05, 0) is 60.2 Å². The summed E-state index contributed by atoms with van der Waals surface area (Å²) in [5, 5.41) is 4.48. The van der Waals surface area contributed by atoms with Crippen LogP contribution in [0.1, 0.15) is 37.2 Å². The zero-order valence-electron chi connectivity index (χ0n) is 11.0. The van der Waals surface area contributed by atoms with E-state index in [1.807, 2.05) is 16.9 Å². The lowest BCUT2D eigenvalue weighted by atomic mass is 10.0. The normalized spacial score (nSPS) is 12.9. The summed E-state index contributed by atoms with van der Waals surface area (Å²) in [6.07, 6.45) is 2.61. The minimum atomic E-state index is -0.232. The second-order valence-corrected chi connectivity index (χ2v) is 6.02. The van der Waals surface area contributed by atoms with Crippen LogP contribution in [0, 0.1) is 9.39 Å². The number of hydrogen-bond donors (Lipinski definition) is 1. The highest BCUT2D eigenvalue weighted by Crippen LogP contribution is 2.22. The first-order chi connectivity index (χ1) is 8.97. The molecule has 0 aliphatic carbocycles. The van der Waals surface area contributed by atoms with E-state index < -0.39 is 0 Å². The van der Waals surface area contributed by atoms with Crippen LogP contribution >= 0.6 is 22.6 Å². The number of hydrogen-bond acceptors (Lipinski definition) is 2. The molecule has 0 aliphatic rings. The van der Waals surface area contributed by atoms with Crippen molar-refractivity contribution in [3.05, 3.63) is 51.1 Å². The summed E-state index contributed by atoms with van der Waals surface area (Å²) in [5.74, 6) is -0.232. The largest absolute Gasteiger partial charge is 0.324 e. The molecule has 1 aromatic carbocycles. The molecule has 1 heterocycles. The van der Waals surface area contributed by atoms with Crippen molar-refractivity contribution in [2.24, 2.45) is 5.73 Å². The van der Waals surface area contributed by atoms with Gasteiger partial charge in [0.25, 0.3) is 0 Å². The van der Waals surface area contributed by atoms with E-state index in [-0.39, 0.29) is 11.9 Å². The van der Waals surface area contributed by atoms with Crippen molar-refractivity contribution >= 4 is 22.6 Å². The average Bonchev–Trinajstić information content (AvgIpc) is 2.77. The van der Waals surface area contributed by atoms with Crippen molar-refractivity contribution < 1.29 is 4.39 Å². The van der Waals surface area contributed by atoms with Crippen LogP contribution in [0.3, 0.4) is 0 Å². The molecular formula is C14H17FIN3. The van der Waals surface area contributed by atoms with Crippen molar-refractivity contribution in [2.75, 3.05) is 0 Å². The summed E-state index contributed by atoms with van der Waals surface area (Å²) in [5.41, 5.74) is 8.11. The lowest BCUT2D eigenvalue weighted by Gasteiger charge is -2.13. The SMILES string of the molecule is CC(C)n1ccc(CC(N)c2ccc(F)cc2I)n1. The van der Waals surface area contributed by atoms with Crippen LogP contribution < -0.4 is 5.73 Å². The van der Waals surface area contributed by atoms with Crippen molar-refractivity contribution in [3.63, 3.8) is 0 Å². The second-order valence-electron chi connectivity index (χ2n) is 4.86. The number of nitrogens with two attached hydrogens (primary N) is 1. The summed E-state index contributed by atoms with van der Waals surface area (Å²) >= 11 is 2.11. The Bertz CT molecular complexity index is 566. The molecule has 0 bridgehead atoms. The molecule has 0 aliphatic heterocycles. The maximum atomic E-state index is 13.1.